The van der Waals surface area contributed by atoms with Gasteiger partial charge in [-0.15, -0.1) is 0 Å². The van der Waals surface area contributed by atoms with Crippen LogP contribution in [0.25, 0.3) is 0 Å². The zero-order chi connectivity index (χ0) is 25.4. The lowest BCUT2D eigenvalue weighted by atomic mass is 9.81. The quantitative estimate of drug-likeness (QED) is 0.570. The first-order valence-electron chi connectivity index (χ1n) is 13.0. The molecule has 2 aromatic carbocycles. The highest BCUT2D eigenvalue weighted by Gasteiger charge is 2.43. The van der Waals surface area contributed by atoms with Gasteiger partial charge in [-0.3, -0.25) is 19.5 Å². The fourth-order valence-electron chi connectivity index (χ4n) is 6.24. The lowest BCUT2D eigenvalue weighted by Gasteiger charge is -2.35. The number of hydrogen-bond donors (Lipinski definition) is 1. The number of halogens is 1. The second kappa shape index (κ2) is 9.98. The molecular weight excluding hydrogens is 472 g/mol. The number of amidine groups is 1. The molecule has 0 saturated carbocycles. The van der Waals surface area contributed by atoms with Crippen molar-refractivity contribution in [2.45, 2.75) is 50.9 Å². The predicted octanol–water partition coefficient (Wildman–Crippen LogP) is 5.32. The molecule has 0 bridgehead atoms. The lowest BCUT2D eigenvalue weighted by Crippen LogP contribution is -2.44. The molecule has 0 unspecified atom stereocenters. The van der Waals surface area contributed by atoms with Crippen LogP contribution in [0.4, 0.5) is 11.4 Å². The van der Waals surface area contributed by atoms with Gasteiger partial charge in [0.05, 0.1) is 22.0 Å². The second-order valence-corrected chi connectivity index (χ2v) is 11.1. The number of nitrogens with one attached hydrogen (secondary N) is 1. The minimum absolute atomic E-state index is 0.184. The summed E-state index contributed by atoms with van der Waals surface area (Å²) in [7, 11) is 1.80. The first-order chi connectivity index (χ1) is 17.4. The van der Waals surface area contributed by atoms with Gasteiger partial charge in [0.1, 0.15) is 5.84 Å². The van der Waals surface area contributed by atoms with Gasteiger partial charge in [0.15, 0.2) is 6.29 Å². The normalized spacial score (nSPS) is 21.6. The lowest BCUT2D eigenvalue weighted by molar-refractivity contribution is -0.137. The molecule has 0 spiro atoms. The van der Waals surface area contributed by atoms with Crippen LogP contribution in [-0.2, 0) is 10.2 Å². The Morgan fingerprint density at radius 3 is 2.47 bits per heavy atom. The number of aliphatic imine (C=N–C) groups is 1. The third kappa shape index (κ3) is 4.24. The van der Waals surface area contributed by atoms with E-state index in [-0.39, 0.29) is 11.3 Å². The summed E-state index contributed by atoms with van der Waals surface area (Å²) < 4.78 is 0. The van der Waals surface area contributed by atoms with Gasteiger partial charge in [0.2, 0.25) is 5.91 Å². The third-order valence-corrected chi connectivity index (χ3v) is 8.60. The van der Waals surface area contributed by atoms with E-state index in [4.69, 9.17) is 11.6 Å². The number of likely N-dealkylation sites (tertiary alicyclic amines) is 1. The van der Waals surface area contributed by atoms with E-state index >= 15 is 0 Å². The number of carbonyl (C=O) groups excluding carboxylic acids is 2. The molecule has 0 aromatic heterocycles. The fourth-order valence-corrected chi connectivity index (χ4v) is 6.45. The van der Waals surface area contributed by atoms with Crippen molar-refractivity contribution < 1.29 is 9.59 Å². The summed E-state index contributed by atoms with van der Waals surface area (Å²) in [6.45, 7) is 7.91. The summed E-state index contributed by atoms with van der Waals surface area (Å²) in [5.74, 6) is 1.85. The molecule has 0 atom stereocenters. The van der Waals surface area contributed by atoms with Crippen molar-refractivity contribution >= 4 is 41.0 Å². The number of hydrogen-bond acceptors (Lipinski definition) is 4. The van der Waals surface area contributed by atoms with Crippen LogP contribution in [0, 0.1) is 5.92 Å². The van der Waals surface area contributed by atoms with Gasteiger partial charge in [-0.1, -0.05) is 29.8 Å². The minimum atomic E-state index is -0.325. The van der Waals surface area contributed by atoms with Gasteiger partial charge >= 0.3 is 0 Å². The number of carbonyl (C=O) groups is 2. The van der Waals surface area contributed by atoms with E-state index < -0.39 is 0 Å². The van der Waals surface area contributed by atoms with Crippen molar-refractivity contribution in [3.05, 3.63) is 58.1 Å². The van der Waals surface area contributed by atoms with Crippen molar-refractivity contribution in [1.29, 1.82) is 0 Å². The number of fused-ring (bicyclic) bond motifs is 1. The number of anilines is 2. The molecular formula is C29H35ClN4O2. The first kappa shape index (κ1) is 25.0. The number of rotatable bonds is 4. The predicted molar refractivity (Wildman–Crippen MR) is 146 cm³/mol. The van der Waals surface area contributed by atoms with Crippen LogP contribution in [-0.4, -0.2) is 56.2 Å². The molecule has 2 saturated heterocycles. The van der Waals surface area contributed by atoms with Crippen LogP contribution in [0.5, 0.6) is 0 Å². The maximum Gasteiger partial charge on any atom is 0.225 e. The van der Waals surface area contributed by atoms with Crippen LogP contribution >= 0.6 is 11.6 Å². The highest BCUT2D eigenvalue weighted by Crippen LogP contribution is 2.48. The van der Waals surface area contributed by atoms with Crippen molar-refractivity contribution in [3.63, 3.8) is 0 Å². The van der Waals surface area contributed by atoms with E-state index in [9.17, 15) is 9.59 Å². The summed E-state index contributed by atoms with van der Waals surface area (Å²) in [5.41, 5.74) is 4.45. The smallest absolute Gasteiger partial charge is 0.225 e. The Morgan fingerprint density at radius 2 is 1.81 bits per heavy atom. The Labute approximate surface area is 218 Å². The molecule has 6 nitrogen and oxygen atoms in total. The zero-order valence-electron chi connectivity index (χ0n) is 21.4. The summed E-state index contributed by atoms with van der Waals surface area (Å²) in [6.07, 6.45) is 4.70. The van der Waals surface area contributed by atoms with Crippen LogP contribution < -0.4 is 10.2 Å². The molecule has 3 aliphatic heterocycles. The van der Waals surface area contributed by atoms with Gasteiger partial charge in [-0.05, 0) is 87.9 Å². The Kier molecular flexibility index (Phi) is 6.92. The molecule has 0 radical (unpaired) electrons. The molecule has 36 heavy (non-hydrogen) atoms. The van der Waals surface area contributed by atoms with Crippen molar-refractivity contribution in [2.24, 2.45) is 10.9 Å². The van der Waals surface area contributed by atoms with Gasteiger partial charge in [-0.2, -0.15) is 0 Å². The van der Waals surface area contributed by atoms with E-state index in [0.717, 1.165) is 75.4 Å². The van der Waals surface area contributed by atoms with Crippen molar-refractivity contribution in [3.8, 4) is 0 Å². The average molecular weight is 507 g/mol. The summed E-state index contributed by atoms with van der Waals surface area (Å²) >= 11 is 6.38. The summed E-state index contributed by atoms with van der Waals surface area (Å²) in [5, 5.41) is 3.79. The SMILES string of the molecule is CN=C1N(c2cccc(Cl)c2C=O)c2ccc(C3CCN(C(=O)C4CCNCC4)CC3)cc2C1(C)C. The topological polar surface area (TPSA) is 65.0 Å². The van der Waals surface area contributed by atoms with Gasteiger partial charge in [0, 0.05) is 31.5 Å². The molecule has 1 amide bonds. The highest BCUT2D eigenvalue weighted by atomic mass is 35.5. The molecule has 1 N–H and O–H groups in total. The molecule has 2 fully saturated rings. The minimum Gasteiger partial charge on any atom is -0.342 e. The Morgan fingerprint density at radius 1 is 1.08 bits per heavy atom. The standard InChI is InChI=1S/C29H35ClN4O2/c1-29(2)23-17-21(19-11-15-33(16-12-19)27(36)20-9-13-32-14-10-20)7-8-26(23)34(28(29)31-3)25-6-4-5-24(30)22(25)18-35/h4-8,17-20,32H,9-16H2,1-3H3. The van der Waals surface area contributed by atoms with Crippen LogP contribution in [0.15, 0.2) is 41.4 Å². The second-order valence-electron chi connectivity index (χ2n) is 10.7. The number of amides is 1. The zero-order valence-corrected chi connectivity index (χ0v) is 22.1. The van der Waals surface area contributed by atoms with Gasteiger partial charge in [-0.25, -0.2) is 0 Å². The molecule has 2 aromatic rings. The van der Waals surface area contributed by atoms with Crippen molar-refractivity contribution in [2.75, 3.05) is 38.1 Å². The molecule has 5 rings (SSSR count). The fraction of sp³-hybridized carbons (Fsp3) is 0.483. The maximum atomic E-state index is 13.0. The number of aldehydes is 1. The number of nitrogens with zero attached hydrogens (tertiary/aromatic N) is 3. The Bertz CT molecular complexity index is 1190. The number of benzene rings is 2. The molecule has 3 aliphatic rings. The van der Waals surface area contributed by atoms with E-state index in [1.165, 1.54) is 11.1 Å². The van der Waals surface area contributed by atoms with Gasteiger partial charge < -0.3 is 10.2 Å². The van der Waals surface area contributed by atoms with E-state index in [1.54, 1.807) is 13.1 Å². The van der Waals surface area contributed by atoms with Crippen molar-refractivity contribution in [1.82, 2.24) is 10.2 Å². The molecule has 0 aliphatic carbocycles. The van der Waals surface area contributed by atoms with Gasteiger partial charge in [0.25, 0.3) is 0 Å². The molecule has 3 heterocycles. The Hall–Kier alpha value is -2.70. The van der Waals surface area contributed by atoms with E-state index in [0.29, 0.717) is 22.4 Å². The van der Waals surface area contributed by atoms with Crippen LogP contribution in [0.1, 0.15) is 66.9 Å². The highest BCUT2D eigenvalue weighted by molar-refractivity contribution is 6.34. The van der Waals surface area contributed by atoms with Crippen LogP contribution in [0.3, 0.4) is 0 Å². The molecule has 190 valence electrons. The van der Waals surface area contributed by atoms with Crippen LogP contribution in [0.2, 0.25) is 5.02 Å². The van der Waals surface area contributed by atoms with E-state index in [2.05, 4.69) is 52.2 Å². The Balaban J connectivity index is 1.41. The average Bonchev–Trinajstić information content (AvgIpc) is 3.14. The molecule has 7 heteroatoms. The monoisotopic (exact) mass is 506 g/mol. The summed E-state index contributed by atoms with van der Waals surface area (Å²) in [6, 6.07) is 12.2. The first-order valence-corrected chi connectivity index (χ1v) is 13.4. The largest absolute Gasteiger partial charge is 0.342 e. The summed E-state index contributed by atoms with van der Waals surface area (Å²) in [4.78, 5) is 33.8. The van der Waals surface area contributed by atoms with E-state index in [1.807, 2.05) is 12.1 Å². The number of piperidine rings is 2. The third-order valence-electron chi connectivity index (χ3n) is 8.27. The maximum absolute atomic E-state index is 13.0.